The molecule has 0 radical (unpaired) electrons. The summed E-state index contributed by atoms with van der Waals surface area (Å²) >= 11 is 0. The van der Waals surface area contributed by atoms with Crippen LogP contribution in [0.3, 0.4) is 0 Å². The zero-order valence-electron chi connectivity index (χ0n) is 20.9. The normalized spacial score (nSPS) is 24.4. The van der Waals surface area contributed by atoms with Crippen LogP contribution >= 0.6 is 0 Å². The molecule has 0 saturated carbocycles. The molecule has 0 aromatic heterocycles. The summed E-state index contributed by atoms with van der Waals surface area (Å²) in [5.41, 5.74) is 3.95. The number of hydrogen-bond acceptors (Lipinski definition) is 4. The van der Waals surface area contributed by atoms with Crippen molar-refractivity contribution >= 4 is 0 Å². The summed E-state index contributed by atoms with van der Waals surface area (Å²) in [6.45, 7) is 5.21. The molecule has 35 heavy (non-hydrogen) atoms. The van der Waals surface area contributed by atoms with Crippen molar-refractivity contribution in [2.24, 2.45) is 0 Å². The zero-order chi connectivity index (χ0) is 23.9. The Kier molecular flexibility index (Phi) is 8.22. The second-order valence-corrected chi connectivity index (χ2v) is 9.95. The average molecular weight is 475 g/mol. The SMILES string of the molecule is CCCCCCCc1cc(C2C=CC(c3ccc(OCC4CO4)cc3)C=C2)ccc1OCC1CO1. The van der Waals surface area contributed by atoms with E-state index in [-0.39, 0.29) is 12.2 Å². The number of ether oxygens (including phenoxy) is 4. The molecule has 2 saturated heterocycles. The fourth-order valence-electron chi connectivity index (χ4n) is 4.60. The van der Waals surface area contributed by atoms with Gasteiger partial charge >= 0.3 is 0 Å². The average Bonchev–Trinajstić information content (AvgIpc) is 3.82. The van der Waals surface area contributed by atoms with E-state index in [1.807, 2.05) is 0 Å². The molecule has 0 amide bonds. The van der Waals surface area contributed by atoms with E-state index in [1.165, 1.54) is 48.8 Å². The molecule has 1 aliphatic carbocycles. The lowest BCUT2D eigenvalue weighted by Crippen LogP contribution is -2.07. The molecule has 5 rings (SSSR count). The summed E-state index contributed by atoms with van der Waals surface area (Å²) in [4.78, 5) is 0. The number of rotatable bonds is 14. The minimum atomic E-state index is 0.279. The van der Waals surface area contributed by atoms with Gasteiger partial charge in [0.05, 0.1) is 13.2 Å². The Morgan fingerprint density at radius 2 is 1.31 bits per heavy atom. The minimum absolute atomic E-state index is 0.279. The van der Waals surface area contributed by atoms with Gasteiger partial charge in [-0.2, -0.15) is 0 Å². The van der Waals surface area contributed by atoms with Gasteiger partial charge in [0.2, 0.25) is 0 Å². The molecule has 2 aromatic rings. The maximum atomic E-state index is 6.12. The Bertz CT molecular complexity index is 987. The van der Waals surface area contributed by atoms with Crippen molar-refractivity contribution in [1.29, 1.82) is 0 Å². The summed E-state index contributed by atoms with van der Waals surface area (Å²) in [5.74, 6) is 2.53. The Morgan fingerprint density at radius 1 is 0.714 bits per heavy atom. The molecule has 4 heteroatoms. The molecule has 186 valence electrons. The van der Waals surface area contributed by atoms with Crippen molar-refractivity contribution < 1.29 is 18.9 Å². The van der Waals surface area contributed by atoms with Gasteiger partial charge in [-0.1, -0.05) is 81.2 Å². The Hall–Kier alpha value is -2.56. The Labute approximate surface area is 209 Å². The lowest BCUT2D eigenvalue weighted by molar-refractivity contribution is 0.261. The first kappa shape index (κ1) is 24.1. The lowest BCUT2D eigenvalue weighted by atomic mass is 9.86. The van der Waals surface area contributed by atoms with Crippen molar-refractivity contribution in [3.63, 3.8) is 0 Å². The predicted molar refractivity (Wildman–Crippen MR) is 140 cm³/mol. The minimum Gasteiger partial charge on any atom is -0.491 e. The molecular weight excluding hydrogens is 436 g/mol. The van der Waals surface area contributed by atoms with Gasteiger partial charge in [0.15, 0.2) is 0 Å². The molecule has 2 aromatic carbocycles. The largest absolute Gasteiger partial charge is 0.491 e. The number of epoxide rings is 2. The number of allylic oxidation sites excluding steroid dienone is 4. The molecule has 2 atom stereocenters. The van der Waals surface area contributed by atoms with Crippen molar-refractivity contribution in [2.75, 3.05) is 26.4 Å². The standard InChI is InChI=1S/C31H38O4/c1-2-3-4-5-6-7-27-18-26(14-17-31(27)35-22-30-21-34-30)25-10-8-23(9-11-25)24-12-15-28(16-13-24)32-19-29-20-33-29/h8-18,23,25,29-30H,2-7,19-22H2,1H3. The molecule has 3 aliphatic rings. The monoisotopic (exact) mass is 474 g/mol. The zero-order valence-corrected chi connectivity index (χ0v) is 20.9. The van der Waals surface area contributed by atoms with Crippen LogP contribution in [-0.4, -0.2) is 38.6 Å². The summed E-state index contributed by atoms with van der Waals surface area (Å²) in [5, 5.41) is 0. The first-order valence-corrected chi connectivity index (χ1v) is 13.4. The van der Waals surface area contributed by atoms with Gasteiger partial charge in [0.25, 0.3) is 0 Å². The molecule has 2 fully saturated rings. The molecule has 0 spiro atoms. The maximum Gasteiger partial charge on any atom is 0.122 e. The fourth-order valence-corrected chi connectivity index (χ4v) is 4.60. The topological polar surface area (TPSA) is 43.5 Å². The molecule has 2 aliphatic heterocycles. The van der Waals surface area contributed by atoms with Crippen molar-refractivity contribution in [1.82, 2.24) is 0 Å². The van der Waals surface area contributed by atoms with Gasteiger partial charge in [-0.25, -0.2) is 0 Å². The number of unbranched alkanes of at least 4 members (excludes halogenated alkanes) is 4. The number of benzene rings is 2. The lowest BCUT2D eigenvalue weighted by Gasteiger charge is -2.20. The summed E-state index contributed by atoms with van der Waals surface area (Å²) < 4.78 is 22.4. The molecular formula is C31H38O4. The molecule has 0 N–H and O–H groups in total. The Balaban J connectivity index is 1.20. The van der Waals surface area contributed by atoms with Crippen LogP contribution in [0.25, 0.3) is 0 Å². The van der Waals surface area contributed by atoms with Crippen LogP contribution in [-0.2, 0) is 15.9 Å². The molecule has 0 bridgehead atoms. The van der Waals surface area contributed by atoms with Crippen LogP contribution in [0.1, 0.15) is 67.6 Å². The van der Waals surface area contributed by atoms with Crippen LogP contribution in [0.5, 0.6) is 11.5 Å². The number of aryl methyl sites for hydroxylation is 1. The maximum absolute atomic E-state index is 6.12. The highest BCUT2D eigenvalue weighted by atomic mass is 16.6. The van der Waals surface area contributed by atoms with Crippen LogP contribution < -0.4 is 9.47 Å². The second-order valence-electron chi connectivity index (χ2n) is 9.95. The first-order valence-electron chi connectivity index (χ1n) is 13.4. The van der Waals surface area contributed by atoms with E-state index < -0.39 is 0 Å². The summed E-state index contributed by atoms with van der Waals surface area (Å²) in [6.07, 6.45) is 17.4. The smallest absolute Gasteiger partial charge is 0.122 e. The Morgan fingerprint density at radius 3 is 1.97 bits per heavy atom. The first-order chi connectivity index (χ1) is 17.3. The van der Waals surface area contributed by atoms with Gasteiger partial charge in [-0.05, 0) is 47.7 Å². The van der Waals surface area contributed by atoms with Gasteiger partial charge in [-0.3, -0.25) is 0 Å². The van der Waals surface area contributed by atoms with E-state index >= 15 is 0 Å². The van der Waals surface area contributed by atoms with E-state index in [1.54, 1.807) is 0 Å². The van der Waals surface area contributed by atoms with Gasteiger partial charge < -0.3 is 18.9 Å². The molecule has 2 heterocycles. The third-order valence-corrected chi connectivity index (χ3v) is 7.00. The highest BCUT2D eigenvalue weighted by Crippen LogP contribution is 2.33. The fraction of sp³-hybridized carbons (Fsp3) is 0.484. The molecule has 4 nitrogen and oxygen atoms in total. The van der Waals surface area contributed by atoms with E-state index in [4.69, 9.17) is 18.9 Å². The van der Waals surface area contributed by atoms with E-state index in [0.717, 1.165) is 31.1 Å². The summed E-state index contributed by atoms with van der Waals surface area (Å²) in [7, 11) is 0. The van der Waals surface area contributed by atoms with Gasteiger partial charge in [-0.15, -0.1) is 0 Å². The van der Waals surface area contributed by atoms with Crippen molar-refractivity contribution in [2.45, 2.75) is 69.5 Å². The van der Waals surface area contributed by atoms with E-state index in [0.29, 0.717) is 25.0 Å². The quantitative estimate of drug-likeness (QED) is 0.173. The van der Waals surface area contributed by atoms with Crippen LogP contribution in [0.15, 0.2) is 66.8 Å². The summed E-state index contributed by atoms with van der Waals surface area (Å²) in [6, 6.07) is 15.2. The third kappa shape index (κ3) is 7.22. The second kappa shape index (κ2) is 11.9. The van der Waals surface area contributed by atoms with Crippen LogP contribution in [0.4, 0.5) is 0 Å². The van der Waals surface area contributed by atoms with Gasteiger partial charge in [0.1, 0.15) is 36.9 Å². The van der Waals surface area contributed by atoms with E-state index in [2.05, 4.69) is 73.7 Å². The van der Waals surface area contributed by atoms with Crippen molar-refractivity contribution in [3.05, 3.63) is 83.5 Å². The molecule has 2 unspecified atom stereocenters. The van der Waals surface area contributed by atoms with E-state index in [9.17, 15) is 0 Å². The predicted octanol–water partition coefficient (Wildman–Crippen LogP) is 6.75. The van der Waals surface area contributed by atoms with Crippen molar-refractivity contribution in [3.8, 4) is 11.5 Å². The van der Waals surface area contributed by atoms with Crippen LogP contribution in [0, 0.1) is 0 Å². The van der Waals surface area contributed by atoms with Gasteiger partial charge in [0, 0.05) is 11.8 Å². The van der Waals surface area contributed by atoms with Crippen LogP contribution in [0.2, 0.25) is 0 Å². The third-order valence-electron chi connectivity index (χ3n) is 7.00. The number of hydrogen-bond donors (Lipinski definition) is 0. The highest BCUT2D eigenvalue weighted by molar-refractivity contribution is 5.44. The highest BCUT2D eigenvalue weighted by Gasteiger charge is 2.24.